The number of methoxy groups -OCH3 is 2. The highest BCUT2D eigenvalue weighted by molar-refractivity contribution is 6.00. The summed E-state index contributed by atoms with van der Waals surface area (Å²) in [5.41, 5.74) is -2.53. The molecule has 0 spiro atoms. The molecule has 1 fully saturated rings. The fourth-order valence-corrected chi connectivity index (χ4v) is 11.7. The first-order valence-electron chi connectivity index (χ1n) is 38.2. The third kappa shape index (κ3) is 35.5. The molecule has 5 rings (SSSR count). The van der Waals surface area contributed by atoms with E-state index in [2.05, 4.69) is 51.8 Å². The van der Waals surface area contributed by atoms with Gasteiger partial charge >= 0.3 is 41.9 Å². The van der Waals surface area contributed by atoms with Crippen LogP contribution in [0, 0.1) is 12.8 Å². The number of ether oxygens (including phenoxy) is 5. The summed E-state index contributed by atoms with van der Waals surface area (Å²) in [5.74, 6) is -9.86. The summed E-state index contributed by atoms with van der Waals surface area (Å²) in [4.78, 5) is 196. The quantitative estimate of drug-likeness (QED) is 0.0182. The van der Waals surface area contributed by atoms with Crippen molar-refractivity contribution in [3.63, 3.8) is 0 Å². The van der Waals surface area contributed by atoms with Crippen LogP contribution in [0.15, 0.2) is 59.5 Å². The molecule has 0 saturated carbocycles. The Kier molecular flexibility index (Phi) is 37.4. The first-order chi connectivity index (χ1) is 53.5. The number of hydrogen-bond acceptors (Lipinski definition) is 25. The van der Waals surface area contributed by atoms with Crippen LogP contribution in [0.25, 0.3) is 11.2 Å². The molecule has 7 N–H and O–H groups in total. The first kappa shape index (κ1) is 94.5. The Morgan fingerprint density at radius 3 is 1.49 bits per heavy atom. The number of fused-ring (bicyclic) bond motifs is 1. The van der Waals surface area contributed by atoms with E-state index in [0.717, 1.165) is 62.2 Å². The third-order valence-corrected chi connectivity index (χ3v) is 17.5. The van der Waals surface area contributed by atoms with Gasteiger partial charge in [0.15, 0.2) is 11.2 Å². The normalized spacial score (nSPS) is 14.6. The maximum atomic E-state index is 14.4. The predicted octanol–water partition coefficient (Wildman–Crippen LogP) is 4.75. The van der Waals surface area contributed by atoms with E-state index in [1.807, 2.05) is 50.8 Å². The number of carbonyl (C=O) groups is 12. The molecule has 0 aliphatic carbocycles. The molecule has 3 heterocycles. The van der Waals surface area contributed by atoms with Crippen LogP contribution >= 0.6 is 0 Å². The summed E-state index contributed by atoms with van der Waals surface area (Å²) in [6.07, 6.45) is -2.52. The number of hydrogen-bond donors (Lipinski definition) is 7. The van der Waals surface area contributed by atoms with Gasteiger partial charge in [-0.05, 0) is 157 Å². The van der Waals surface area contributed by atoms with Gasteiger partial charge in [-0.15, -0.1) is 0 Å². The van der Waals surface area contributed by atoms with Crippen molar-refractivity contribution in [2.24, 2.45) is 5.92 Å². The number of esters is 5. The molecule has 3 unspecified atom stereocenters. The van der Waals surface area contributed by atoms with Crippen molar-refractivity contribution < 1.29 is 94.4 Å². The molecular formula is C78H114F3N15O18. The summed E-state index contributed by atoms with van der Waals surface area (Å²) in [5, 5.41) is 16.0. The van der Waals surface area contributed by atoms with Crippen LogP contribution in [-0.2, 0) is 89.4 Å². The molecule has 0 bridgehead atoms. The molecule has 114 heavy (non-hydrogen) atoms. The van der Waals surface area contributed by atoms with E-state index in [1.54, 1.807) is 76.2 Å². The van der Waals surface area contributed by atoms with Gasteiger partial charge in [-0.1, -0.05) is 43.7 Å². The van der Waals surface area contributed by atoms with Crippen molar-refractivity contribution in [3.05, 3.63) is 87.5 Å². The molecule has 1 aliphatic heterocycles. The largest absolute Gasteiger partial charge is 0.471 e. The van der Waals surface area contributed by atoms with Crippen LogP contribution in [0.5, 0.6) is 0 Å². The number of unbranched alkanes of at least 4 members (excludes halogenated alkanes) is 2. The number of carbonyl (C=O) groups excluding carboxylic acids is 12. The van der Waals surface area contributed by atoms with E-state index in [0.29, 0.717) is 65.0 Å². The molecule has 7 amide bonds. The highest BCUT2D eigenvalue weighted by atomic mass is 19.4. The van der Waals surface area contributed by atoms with Crippen molar-refractivity contribution in [1.82, 2.24) is 66.1 Å². The monoisotopic (exact) mass is 1610 g/mol. The minimum Gasteiger partial charge on any atom is -0.467 e. The summed E-state index contributed by atoms with van der Waals surface area (Å²) in [6.45, 7) is 22.6. The number of halogens is 3. The maximum absolute atomic E-state index is 14.4. The van der Waals surface area contributed by atoms with E-state index < -0.39 is 137 Å². The fraction of sp³-hybridized carbons (Fsp3) is 0.615. The molecule has 36 heteroatoms. The Balaban J connectivity index is 1.30. The smallest absolute Gasteiger partial charge is 0.467 e. The van der Waals surface area contributed by atoms with Crippen LogP contribution in [0.4, 0.5) is 24.8 Å². The number of anilines is 2. The lowest BCUT2D eigenvalue weighted by Gasteiger charge is -2.34. The van der Waals surface area contributed by atoms with Crippen LogP contribution in [0.1, 0.15) is 168 Å². The zero-order valence-corrected chi connectivity index (χ0v) is 68.0. The molecule has 2 aromatic heterocycles. The number of aryl methyl sites for hydroxylation is 2. The number of benzene rings is 2. The van der Waals surface area contributed by atoms with Crippen molar-refractivity contribution in [1.29, 1.82) is 0 Å². The van der Waals surface area contributed by atoms with E-state index in [4.69, 9.17) is 23.7 Å². The number of aromatic amines is 1. The summed E-state index contributed by atoms with van der Waals surface area (Å²) in [6, 6.07) is 8.09. The summed E-state index contributed by atoms with van der Waals surface area (Å²) >= 11 is 0. The Morgan fingerprint density at radius 2 is 1.02 bits per heavy atom. The van der Waals surface area contributed by atoms with E-state index >= 15 is 0 Å². The lowest BCUT2D eigenvalue weighted by Crippen LogP contribution is -2.52. The minimum atomic E-state index is -5.43. The van der Waals surface area contributed by atoms with Gasteiger partial charge in [0, 0.05) is 95.5 Å². The van der Waals surface area contributed by atoms with E-state index in [9.17, 15) is 75.5 Å². The number of amides is 7. The second kappa shape index (κ2) is 45.1. The number of rotatable bonds is 37. The van der Waals surface area contributed by atoms with Crippen LogP contribution in [-0.4, -0.2) is 258 Å². The molecule has 0 radical (unpaired) electrons. The van der Waals surface area contributed by atoms with Gasteiger partial charge in [0.05, 0.1) is 58.8 Å². The lowest BCUT2D eigenvalue weighted by molar-refractivity contribution is -0.170. The van der Waals surface area contributed by atoms with Crippen molar-refractivity contribution in [3.8, 4) is 0 Å². The van der Waals surface area contributed by atoms with Gasteiger partial charge in [0.1, 0.15) is 34.9 Å². The molecule has 1 aliphatic rings. The standard InChI is InChI=1S/C78H114F3N15O18/c1-50(2)67(103)90-74-89-66-65(70(106)91-74)85-54(44-84-66)45-96(73(109)78(79,80)81)55-30-28-53(29-31-55)68(104)87-58(72(108)111-14)32-33-60(98)86-56(69(105)88-57(71(107)110-13)22-16-18-34-82-59(97)23-19-20-52-26-24-51(3)25-27-52)21-15-17-35-83-61(99)46-92-36-38-93(47-62(100)112-75(4,5)6)40-42-95(49-64(102)114-77(10,11)12)43-41-94(39-37-92)48-63(101)113-76(7,8)9/h24-31,44,50,56-58H,15-23,32-43,45-49H2,1-14H3,(H,82,97)(H,83,99)(H,86,98)(H,87,104)(H,88,105)(H2,84,89,90,91,103,106). The Hall–Kier alpha value is -10.1. The molecule has 3 atom stereocenters. The number of nitrogens with one attached hydrogen (secondary N) is 7. The highest BCUT2D eigenvalue weighted by Gasteiger charge is 2.44. The zero-order chi connectivity index (χ0) is 84.7. The fourth-order valence-electron chi connectivity index (χ4n) is 11.7. The van der Waals surface area contributed by atoms with Crippen molar-refractivity contribution >= 4 is 94.0 Å². The van der Waals surface area contributed by atoms with Crippen molar-refractivity contribution in [2.75, 3.05) is 116 Å². The molecule has 2 aromatic carbocycles. The second-order valence-corrected chi connectivity index (χ2v) is 31.2. The topological polar surface area (TPSA) is 411 Å². The third-order valence-electron chi connectivity index (χ3n) is 17.5. The van der Waals surface area contributed by atoms with Gasteiger partial charge < -0.3 is 50.3 Å². The average Bonchev–Trinajstić information content (AvgIpc) is 0.793. The summed E-state index contributed by atoms with van der Waals surface area (Å²) < 4.78 is 69.6. The number of aromatic nitrogens is 4. The molecule has 4 aromatic rings. The predicted molar refractivity (Wildman–Crippen MR) is 415 cm³/mol. The second-order valence-electron chi connectivity index (χ2n) is 31.2. The average molecular weight is 1610 g/mol. The van der Waals surface area contributed by atoms with Gasteiger partial charge in [-0.3, -0.25) is 87.5 Å². The maximum Gasteiger partial charge on any atom is 0.471 e. The zero-order valence-electron chi connectivity index (χ0n) is 68.0. The summed E-state index contributed by atoms with van der Waals surface area (Å²) in [7, 11) is 2.16. The first-order valence-corrected chi connectivity index (χ1v) is 38.2. The highest BCUT2D eigenvalue weighted by Crippen LogP contribution is 2.27. The molecule has 630 valence electrons. The minimum absolute atomic E-state index is 0.0569. The van der Waals surface area contributed by atoms with Crippen molar-refractivity contribution in [2.45, 2.75) is 201 Å². The van der Waals surface area contributed by atoms with E-state index in [1.165, 1.54) is 0 Å². The number of alkyl halides is 3. The van der Waals surface area contributed by atoms with Crippen LogP contribution in [0.2, 0.25) is 0 Å². The Labute approximate surface area is 662 Å². The van der Waals surface area contributed by atoms with Gasteiger partial charge in [-0.25, -0.2) is 19.6 Å². The van der Waals surface area contributed by atoms with Gasteiger partial charge in [0.25, 0.3) is 11.5 Å². The molecule has 1 saturated heterocycles. The van der Waals surface area contributed by atoms with E-state index in [-0.39, 0.29) is 123 Å². The molecular weight excluding hydrogens is 1490 g/mol. The van der Waals surface area contributed by atoms with Crippen LogP contribution in [0.3, 0.4) is 0 Å². The Bertz CT molecular complexity index is 3930. The Morgan fingerprint density at radius 1 is 0.544 bits per heavy atom. The number of nitrogens with zero attached hydrogens (tertiary/aromatic N) is 8. The number of H-pyrrole nitrogens is 1. The lowest BCUT2D eigenvalue weighted by atomic mass is 10.0. The van der Waals surface area contributed by atoms with Gasteiger partial charge in [-0.2, -0.15) is 18.2 Å². The van der Waals surface area contributed by atoms with Gasteiger partial charge in [0.2, 0.25) is 35.5 Å². The van der Waals surface area contributed by atoms with Crippen LogP contribution < -0.4 is 42.4 Å². The molecule has 33 nitrogen and oxygen atoms in total. The SMILES string of the molecule is COC(=O)C(CCC(=O)NC(CCCCNC(=O)CN1CCN(CC(=O)OC(C)(C)C)CCN(CC(=O)OC(C)(C)C)CCN(CC(=O)OC(C)(C)C)CC1)C(=O)NC(CCCCNC(=O)CCCc1ccc(C)cc1)C(=O)OC)NC(=O)c1ccc(N(Cc2cnc3nc(NC(=O)C(C)C)[nH]c(=O)c3n2)C(=O)C(F)(F)F)cc1.